The molecule has 0 aromatic heterocycles. The molecule has 0 heterocycles. The van der Waals surface area contributed by atoms with Gasteiger partial charge in [-0.05, 0) is 43.3 Å². The zero-order valence-corrected chi connectivity index (χ0v) is 15.9. The highest BCUT2D eigenvalue weighted by Gasteiger charge is 2.35. The fourth-order valence-corrected chi connectivity index (χ4v) is 3.29. The van der Waals surface area contributed by atoms with Crippen LogP contribution in [0, 0.1) is 6.92 Å². The lowest BCUT2D eigenvalue weighted by molar-refractivity contribution is 0.0950. The number of hydrogen-bond acceptors (Lipinski definition) is 2. The summed E-state index contributed by atoms with van der Waals surface area (Å²) >= 11 is 25.1. The minimum absolute atomic E-state index is 0.303. The quantitative estimate of drug-likeness (QED) is 0.389. The molecule has 2 rings (SSSR count). The zero-order chi connectivity index (χ0) is 17.0. The third kappa shape index (κ3) is 5.77. The van der Waals surface area contributed by atoms with Crippen LogP contribution in [-0.4, -0.2) is 15.1 Å². The van der Waals surface area contributed by atoms with Crippen LogP contribution < -0.4 is 5.32 Å². The van der Waals surface area contributed by atoms with E-state index in [1.807, 2.05) is 19.1 Å². The summed E-state index contributed by atoms with van der Waals surface area (Å²) in [5.41, 5.74) is 1.57. The summed E-state index contributed by atoms with van der Waals surface area (Å²) in [5, 5.41) is 2.62. The highest BCUT2D eigenvalue weighted by atomic mass is 35.6. The number of hydrogen-bond donors (Lipinski definition) is 1. The Balaban J connectivity index is 2.14. The molecule has 1 N–H and O–H groups in total. The summed E-state index contributed by atoms with van der Waals surface area (Å²) in [5.74, 6) is -0.303. The first kappa shape index (κ1) is 18.8. The maximum Gasteiger partial charge on any atom is 0.252 e. The van der Waals surface area contributed by atoms with Gasteiger partial charge in [-0.2, -0.15) is 0 Å². The van der Waals surface area contributed by atoms with Gasteiger partial charge in [0.1, 0.15) is 5.37 Å². The topological polar surface area (TPSA) is 29.1 Å². The minimum atomic E-state index is -1.66. The third-order valence-electron chi connectivity index (χ3n) is 2.94. The highest BCUT2D eigenvalue weighted by molar-refractivity contribution is 8.00. The number of halogens is 4. The van der Waals surface area contributed by atoms with E-state index in [0.29, 0.717) is 10.6 Å². The predicted molar refractivity (Wildman–Crippen MR) is 100 cm³/mol. The number of carbonyl (C=O) groups excluding carboxylic acids is 1. The van der Waals surface area contributed by atoms with E-state index >= 15 is 0 Å². The first-order chi connectivity index (χ1) is 10.8. The molecule has 0 fully saturated rings. The summed E-state index contributed by atoms with van der Waals surface area (Å²) in [7, 11) is 0. The van der Waals surface area contributed by atoms with Crippen LogP contribution in [0.15, 0.2) is 53.4 Å². The summed E-state index contributed by atoms with van der Waals surface area (Å²) in [6, 6.07) is 14.2. The average Bonchev–Trinajstić information content (AvgIpc) is 2.48. The number of nitrogens with one attached hydrogen (secondary N) is 1. The van der Waals surface area contributed by atoms with Crippen LogP contribution in [0.25, 0.3) is 0 Å². The first-order valence-corrected chi connectivity index (χ1v) is 9.01. The van der Waals surface area contributed by atoms with Crippen molar-refractivity contribution >= 4 is 64.1 Å². The standard InChI is InChI=1S/C16H13Cl4NOS/c1-10-2-4-11(5-3-10)14(22)21-15(16(18,19)20)23-13-8-6-12(17)7-9-13/h2-9,15H,1H3,(H,21,22)/t15-/m0/s1. The molecule has 0 aliphatic heterocycles. The number of carbonyl (C=O) groups is 1. The van der Waals surface area contributed by atoms with Crippen molar-refractivity contribution in [3.8, 4) is 0 Å². The minimum Gasteiger partial charge on any atom is -0.336 e. The van der Waals surface area contributed by atoms with Gasteiger partial charge in [-0.1, -0.05) is 75.9 Å². The number of amides is 1. The summed E-state index contributed by atoms with van der Waals surface area (Å²) in [6.07, 6.45) is 0. The van der Waals surface area contributed by atoms with Crippen molar-refractivity contribution in [3.05, 3.63) is 64.7 Å². The van der Waals surface area contributed by atoms with Crippen LogP contribution in [0.1, 0.15) is 15.9 Å². The molecule has 0 radical (unpaired) electrons. The lowest BCUT2D eigenvalue weighted by Gasteiger charge is -2.25. The Morgan fingerprint density at radius 1 is 1.04 bits per heavy atom. The monoisotopic (exact) mass is 407 g/mol. The second-order valence-corrected chi connectivity index (χ2v) is 8.82. The van der Waals surface area contributed by atoms with Crippen molar-refractivity contribution in [2.75, 3.05) is 0 Å². The Kier molecular flexibility index (Phi) is 6.52. The molecule has 2 aromatic rings. The molecule has 2 aromatic carbocycles. The molecule has 1 amide bonds. The van der Waals surface area contributed by atoms with E-state index in [1.54, 1.807) is 36.4 Å². The van der Waals surface area contributed by atoms with Gasteiger partial charge in [-0.3, -0.25) is 4.79 Å². The van der Waals surface area contributed by atoms with E-state index in [9.17, 15) is 4.79 Å². The Morgan fingerprint density at radius 2 is 1.61 bits per heavy atom. The number of alkyl halides is 3. The average molecular weight is 409 g/mol. The van der Waals surface area contributed by atoms with Crippen molar-refractivity contribution in [3.63, 3.8) is 0 Å². The summed E-state index contributed by atoms with van der Waals surface area (Å²) in [6.45, 7) is 1.95. The Labute approximate surface area is 159 Å². The van der Waals surface area contributed by atoms with Gasteiger partial charge in [-0.25, -0.2) is 0 Å². The van der Waals surface area contributed by atoms with Crippen molar-refractivity contribution in [1.29, 1.82) is 0 Å². The van der Waals surface area contributed by atoms with Crippen molar-refractivity contribution < 1.29 is 4.79 Å². The second-order valence-electron chi connectivity index (χ2n) is 4.83. The van der Waals surface area contributed by atoms with Crippen LogP contribution in [0.5, 0.6) is 0 Å². The molecule has 2 nitrogen and oxygen atoms in total. The molecule has 23 heavy (non-hydrogen) atoms. The Morgan fingerprint density at radius 3 is 2.13 bits per heavy atom. The number of aryl methyl sites for hydroxylation is 1. The van der Waals surface area contributed by atoms with Crippen LogP contribution in [0.2, 0.25) is 5.02 Å². The third-order valence-corrected chi connectivity index (χ3v) is 5.49. The van der Waals surface area contributed by atoms with E-state index in [0.717, 1.165) is 10.5 Å². The van der Waals surface area contributed by atoms with Gasteiger partial charge in [0.05, 0.1) is 0 Å². The molecule has 0 saturated carbocycles. The summed E-state index contributed by atoms with van der Waals surface area (Å²) in [4.78, 5) is 13.2. The van der Waals surface area contributed by atoms with Crippen molar-refractivity contribution in [1.82, 2.24) is 5.32 Å². The molecule has 0 saturated heterocycles. The Hall–Kier alpha value is -0.580. The molecule has 0 unspecified atom stereocenters. The molecule has 0 aliphatic rings. The van der Waals surface area contributed by atoms with Gasteiger partial charge in [0.2, 0.25) is 3.79 Å². The maximum absolute atomic E-state index is 12.3. The maximum atomic E-state index is 12.3. The van der Waals surface area contributed by atoms with E-state index in [4.69, 9.17) is 46.4 Å². The van der Waals surface area contributed by atoms with Crippen molar-refractivity contribution in [2.24, 2.45) is 0 Å². The second kappa shape index (κ2) is 8.00. The number of thioether (sulfide) groups is 1. The highest BCUT2D eigenvalue weighted by Crippen LogP contribution is 2.39. The fraction of sp³-hybridized carbons (Fsp3) is 0.188. The summed E-state index contributed by atoms with van der Waals surface area (Å²) < 4.78 is -1.66. The van der Waals surface area contributed by atoms with Gasteiger partial charge in [0, 0.05) is 15.5 Å². The SMILES string of the molecule is Cc1ccc(C(=O)N[C@@H](Sc2ccc(Cl)cc2)C(Cl)(Cl)Cl)cc1. The van der Waals surface area contributed by atoms with Crippen molar-refractivity contribution in [2.45, 2.75) is 21.0 Å². The van der Waals surface area contributed by atoms with Crippen LogP contribution >= 0.6 is 58.2 Å². The molecular weight excluding hydrogens is 396 g/mol. The molecule has 0 bridgehead atoms. The fourth-order valence-electron chi connectivity index (χ4n) is 1.73. The molecular formula is C16H13Cl4NOS. The lowest BCUT2D eigenvalue weighted by atomic mass is 10.1. The zero-order valence-electron chi connectivity index (χ0n) is 12.0. The smallest absolute Gasteiger partial charge is 0.252 e. The van der Waals surface area contributed by atoms with Crippen LogP contribution in [0.4, 0.5) is 0 Å². The van der Waals surface area contributed by atoms with Gasteiger partial charge in [0.15, 0.2) is 0 Å². The molecule has 0 aliphatic carbocycles. The van der Waals surface area contributed by atoms with E-state index < -0.39 is 9.17 Å². The van der Waals surface area contributed by atoms with Gasteiger partial charge < -0.3 is 5.32 Å². The normalized spacial score (nSPS) is 12.7. The predicted octanol–water partition coefficient (Wildman–Crippen LogP) is 5.87. The Bertz CT molecular complexity index is 668. The molecule has 7 heteroatoms. The van der Waals surface area contributed by atoms with Crippen LogP contribution in [-0.2, 0) is 0 Å². The number of benzene rings is 2. The number of rotatable bonds is 4. The molecule has 1 atom stereocenters. The molecule has 0 spiro atoms. The van der Waals surface area contributed by atoms with Gasteiger partial charge >= 0.3 is 0 Å². The van der Waals surface area contributed by atoms with E-state index in [1.165, 1.54) is 11.8 Å². The lowest BCUT2D eigenvalue weighted by Crippen LogP contribution is -2.41. The largest absolute Gasteiger partial charge is 0.336 e. The van der Waals surface area contributed by atoms with Gasteiger partial charge in [-0.15, -0.1) is 0 Å². The first-order valence-electron chi connectivity index (χ1n) is 6.62. The molecule has 122 valence electrons. The van der Waals surface area contributed by atoms with E-state index in [2.05, 4.69) is 5.32 Å². The van der Waals surface area contributed by atoms with Crippen LogP contribution in [0.3, 0.4) is 0 Å². The van der Waals surface area contributed by atoms with E-state index in [-0.39, 0.29) is 5.91 Å². The van der Waals surface area contributed by atoms with Gasteiger partial charge in [0.25, 0.3) is 5.91 Å².